The van der Waals surface area contributed by atoms with Crippen molar-refractivity contribution in [2.24, 2.45) is 0 Å². The van der Waals surface area contributed by atoms with E-state index >= 15 is 0 Å². The number of anilines is 1. The van der Waals surface area contributed by atoms with Crippen LogP contribution in [0.15, 0.2) is 69.9 Å². The minimum absolute atomic E-state index is 0.126. The molecule has 4 aromatic rings. The second-order valence-corrected chi connectivity index (χ2v) is 9.51. The summed E-state index contributed by atoms with van der Waals surface area (Å²) in [5.41, 5.74) is 3.12. The first-order chi connectivity index (χ1) is 16.7. The van der Waals surface area contributed by atoms with Crippen molar-refractivity contribution in [3.63, 3.8) is 0 Å². The number of fused-ring (bicyclic) bond motifs is 1. The summed E-state index contributed by atoms with van der Waals surface area (Å²) >= 11 is 0. The van der Waals surface area contributed by atoms with Crippen molar-refractivity contribution in [1.82, 2.24) is 4.72 Å². The lowest BCUT2D eigenvalue weighted by atomic mass is 9.98. The maximum atomic E-state index is 14.6. The van der Waals surface area contributed by atoms with Crippen LogP contribution in [0, 0.1) is 19.7 Å². The highest BCUT2D eigenvalue weighted by molar-refractivity contribution is 7.82. The molecule has 0 aliphatic carbocycles. The molecule has 2 N–H and O–H groups in total. The van der Waals surface area contributed by atoms with Gasteiger partial charge >= 0.3 is 0 Å². The predicted octanol–water partition coefficient (Wildman–Crippen LogP) is 5.41. The molecule has 180 valence electrons. The van der Waals surface area contributed by atoms with Gasteiger partial charge in [-0.2, -0.15) is 0 Å². The normalized spacial score (nSPS) is 12.8. The average Bonchev–Trinajstić information content (AvgIpc) is 2.81. The summed E-state index contributed by atoms with van der Waals surface area (Å²) in [6.07, 6.45) is 1.29. The van der Waals surface area contributed by atoms with Gasteiger partial charge in [-0.3, -0.25) is 14.3 Å². The molecule has 8 heteroatoms. The Morgan fingerprint density at radius 2 is 1.77 bits per heavy atom. The Morgan fingerprint density at radius 1 is 1.06 bits per heavy atom. The molecule has 0 bridgehead atoms. The van der Waals surface area contributed by atoms with E-state index in [1.807, 2.05) is 50.2 Å². The SMILES string of the molecule is Cc1cc(C(C)Nc2cccc(F)c2C(=O)NS(C)=O)c2oc(-c3ccccc3)c(C)c(=O)c2c1. The van der Waals surface area contributed by atoms with E-state index < -0.39 is 28.8 Å². The number of aryl methyl sites for hydroxylation is 1. The van der Waals surface area contributed by atoms with Gasteiger partial charge in [0.15, 0.2) is 5.43 Å². The van der Waals surface area contributed by atoms with Crippen LogP contribution in [-0.2, 0) is 11.0 Å². The molecule has 6 nitrogen and oxygen atoms in total. The minimum atomic E-state index is -1.65. The molecule has 0 fully saturated rings. The Bertz CT molecular complexity index is 1520. The number of carbonyl (C=O) groups excluding carboxylic acids is 1. The molecule has 1 aromatic heterocycles. The third-order valence-corrected chi connectivity index (χ3v) is 6.22. The lowest BCUT2D eigenvalue weighted by Gasteiger charge is -2.20. The second-order valence-electron chi connectivity index (χ2n) is 8.40. The van der Waals surface area contributed by atoms with Crippen molar-refractivity contribution in [2.75, 3.05) is 11.6 Å². The fourth-order valence-electron chi connectivity index (χ4n) is 4.12. The zero-order valence-electron chi connectivity index (χ0n) is 19.8. The molecular weight excluding hydrogens is 467 g/mol. The third kappa shape index (κ3) is 4.88. The van der Waals surface area contributed by atoms with E-state index in [0.29, 0.717) is 27.9 Å². The minimum Gasteiger partial charge on any atom is -0.455 e. The highest BCUT2D eigenvalue weighted by Gasteiger charge is 2.22. The van der Waals surface area contributed by atoms with Gasteiger partial charge in [0.05, 0.1) is 22.7 Å². The average molecular weight is 493 g/mol. The number of halogens is 1. The summed E-state index contributed by atoms with van der Waals surface area (Å²) in [5.74, 6) is -1.05. The first-order valence-corrected chi connectivity index (χ1v) is 12.6. The quantitative estimate of drug-likeness (QED) is 0.376. The predicted molar refractivity (Wildman–Crippen MR) is 137 cm³/mol. The van der Waals surface area contributed by atoms with Gasteiger partial charge in [-0.25, -0.2) is 8.60 Å². The molecular formula is C27H25FN2O4S. The maximum absolute atomic E-state index is 14.6. The number of nitrogens with one attached hydrogen (secondary N) is 2. The van der Waals surface area contributed by atoms with Crippen LogP contribution in [0.3, 0.4) is 0 Å². The first-order valence-electron chi connectivity index (χ1n) is 11.0. The van der Waals surface area contributed by atoms with E-state index in [0.717, 1.165) is 11.1 Å². The number of hydrogen-bond donors (Lipinski definition) is 2. The summed E-state index contributed by atoms with van der Waals surface area (Å²) < 4.78 is 34.6. The Labute approximate surface area is 204 Å². The van der Waals surface area contributed by atoms with Crippen molar-refractivity contribution in [3.05, 3.63) is 99.0 Å². The molecule has 1 amide bonds. The van der Waals surface area contributed by atoms with Crippen LogP contribution in [0.2, 0.25) is 0 Å². The van der Waals surface area contributed by atoms with Gasteiger partial charge in [0.2, 0.25) is 0 Å². The summed E-state index contributed by atoms with van der Waals surface area (Å²) in [5, 5.41) is 3.62. The topological polar surface area (TPSA) is 88.4 Å². The molecule has 0 saturated carbocycles. The van der Waals surface area contributed by atoms with Crippen molar-refractivity contribution >= 4 is 33.5 Å². The number of amides is 1. The monoisotopic (exact) mass is 492 g/mol. The van der Waals surface area contributed by atoms with Crippen LogP contribution in [0.5, 0.6) is 0 Å². The molecule has 3 aromatic carbocycles. The van der Waals surface area contributed by atoms with Crippen LogP contribution in [0.25, 0.3) is 22.3 Å². The summed E-state index contributed by atoms with van der Waals surface area (Å²) in [4.78, 5) is 25.8. The Morgan fingerprint density at radius 3 is 2.46 bits per heavy atom. The van der Waals surface area contributed by atoms with E-state index in [1.54, 1.807) is 19.1 Å². The number of hydrogen-bond acceptors (Lipinski definition) is 5. The van der Waals surface area contributed by atoms with Crippen LogP contribution in [0.4, 0.5) is 10.1 Å². The van der Waals surface area contributed by atoms with Gasteiger partial charge in [0.1, 0.15) is 28.1 Å². The van der Waals surface area contributed by atoms with Crippen LogP contribution in [-0.4, -0.2) is 16.4 Å². The zero-order valence-corrected chi connectivity index (χ0v) is 20.6. The van der Waals surface area contributed by atoms with Crippen LogP contribution < -0.4 is 15.5 Å². The van der Waals surface area contributed by atoms with Crippen molar-refractivity contribution < 1.29 is 17.8 Å². The Hall–Kier alpha value is -3.78. The third-order valence-electron chi connectivity index (χ3n) is 5.74. The molecule has 35 heavy (non-hydrogen) atoms. The van der Waals surface area contributed by atoms with E-state index in [2.05, 4.69) is 10.0 Å². The summed E-state index contributed by atoms with van der Waals surface area (Å²) in [6, 6.07) is 16.8. The molecule has 0 aliphatic heterocycles. The number of rotatable bonds is 6. The van der Waals surface area contributed by atoms with Crippen molar-refractivity contribution in [3.8, 4) is 11.3 Å². The molecule has 4 rings (SSSR count). The Kier molecular flexibility index (Phi) is 6.84. The molecule has 0 spiro atoms. The second kappa shape index (κ2) is 9.84. The lowest BCUT2D eigenvalue weighted by Crippen LogP contribution is -2.27. The van der Waals surface area contributed by atoms with Crippen LogP contribution >= 0.6 is 0 Å². The standard InChI is InChI=1S/C27H25FN2O4S/c1-15-13-19(17(3)29-22-12-8-11-21(28)23(22)27(32)30-35(4)33)26-20(14-15)24(31)16(2)25(34-26)18-9-6-5-7-10-18/h5-14,17,29H,1-4H3,(H,30,32). The molecule has 1 heterocycles. The highest BCUT2D eigenvalue weighted by Crippen LogP contribution is 2.33. The Balaban J connectivity index is 1.85. The molecule has 2 unspecified atom stereocenters. The molecule has 0 aliphatic rings. The largest absolute Gasteiger partial charge is 0.455 e. The van der Waals surface area contributed by atoms with E-state index in [-0.39, 0.29) is 16.7 Å². The number of carbonyl (C=O) groups is 1. The van der Waals surface area contributed by atoms with Crippen LogP contribution in [0.1, 0.15) is 40.0 Å². The zero-order chi connectivity index (χ0) is 25.3. The van der Waals surface area contributed by atoms with E-state index in [1.165, 1.54) is 18.4 Å². The van der Waals surface area contributed by atoms with Crippen molar-refractivity contribution in [2.45, 2.75) is 26.8 Å². The number of benzene rings is 3. The van der Waals surface area contributed by atoms with Gasteiger partial charge in [-0.1, -0.05) is 42.5 Å². The highest BCUT2D eigenvalue weighted by atomic mass is 32.2. The first kappa shape index (κ1) is 24.3. The molecule has 0 radical (unpaired) electrons. The van der Waals surface area contributed by atoms with Gasteiger partial charge in [-0.15, -0.1) is 0 Å². The maximum Gasteiger partial charge on any atom is 0.268 e. The van der Waals surface area contributed by atoms with E-state index in [4.69, 9.17) is 4.42 Å². The van der Waals surface area contributed by atoms with Gasteiger partial charge in [0, 0.05) is 22.9 Å². The van der Waals surface area contributed by atoms with Crippen molar-refractivity contribution in [1.29, 1.82) is 0 Å². The summed E-state index contributed by atoms with van der Waals surface area (Å²) in [6.45, 7) is 5.46. The smallest absolute Gasteiger partial charge is 0.268 e. The van der Waals surface area contributed by atoms with Gasteiger partial charge in [0.25, 0.3) is 5.91 Å². The fourth-order valence-corrected chi connectivity index (χ4v) is 4.49. The summed E-state index contributed by atoms with van der Waals surface area (Å²) in [7, 11) is -1.65. The fraction of sp³-hybridized carbons (Fsp3) is 0.185. The van der Waals surface area contributed by atoms with E-state index in [9.17, 15) is 18.2 Å². The van der Waals surface area contributed by atoms with Gasteiger partial charge in [-0.05, 0) is 44.5 Å². The molecule has 0 saturated heterocycles. The van der Waals surface area contributed by atoms with Gasteiger partial charge < -0.3 is 9.73 Å². The molecule has 2 atom stereocenters. The lowest BCUT2D eigenvalue weighted by molar-refractivity contribution is 0.0980.